The summed E-state index contributed by atoms with van der Waals surface area (Å²) >= 11 is 0. The van der Waals surface area contributed by atoms with Gasteiger partial charge >= 0.3 is 0 Å². The quantitative estimate of drug-likeness (QED) is 0.698. The molecule has 0 radical (unpaired) electrons. The molecule has 26 heavy (non-hydrogen) atoms. The number of rotatable bonds is 6. The largest absolute Gasteiger partial charge is 0.361 e. The maximum Gasteiger partial charge on any atom is 0.239 e. The van der Waals surface area contributed by atoms with E-state index in [2.05, 4.69) is 9.71 Å². The molecule has 0 aliphatic rings. The molecule has 0 saturated heterocycles. The highest BCUT2D eigenvalue weighted by atomic mass is 32.2. The number of H-pyrrole nitrogens is 1. The maximum absolute atomic E-state index is 12.3. The van der Waals surface area contributed by atoms with Gasteiger partial charge in [0.25, 0.3) is 0 Å². The van der Waals surface area contributed by atoms with Crippen molar-refractivity contribution >= 4 is 26.8 Å². The number of benzene rings is 2. The molecule has 136 valence electrons. The Morgan fingerprint density at radius 3 is 2.62 bits per heavy atom. The number of hydrogen-bond acceptors (Lipinski definition) is 3. The fraction of sp³-hybridized carbons (Fsp3) is 0.250. The van der Waals surface area contributed by atoms with Gasteiger partial charge < -0.3 is 4.98 Å². The number of para-hydroxylation sites is 1. The van der Waals surface area contributed by atoms with Crippen LogP contribution >= 0.6 is 0 Å². The standard InChI is InChI=1S/C20H22N2O3S/c1-14-7-8-17(15(2)11-14)13-26(24,25)22-20(23)10-9-16-12-21-19-6-4-3-5-18(16)19/h3-8,11-12,21H,9-10,13H2,1-2H3,(H,22,23). The van der Waals surface area contributed by atoms with Crippen molar-refractivity contribution in [2.75, 3.05) is 0 Å². The lowest BCUT2D eigenvalue weighted by molar-refractivity contribution is -0.119. The predicted molar refractivity (Wildman–Crippen MR) is 103 cm³/mol. The highest BCUT2D eigenvalue weighted by Gasteiger charge is 2.17. The first kappa shape index (κ1) is 18.2. The van der Waals surface area contributed by atoms with Crippen LogP contribution in [0.5, 0.6) is 0 Å². The number of aromatic nitrogens is 1. The van der Waals surface area contributed by atoms with Crippen molar-refractivity contribution in [3.63, 3.8) is 0 Å². The minimum absolute atomic E-state index is 0.119. The Hall–Kier alpha value is -2.60. The van der Waals surface area contributed by atoms with E-state index in [1.165, 1.54) is 0 Å². The van der Waals surface area contributed by atoms with Crippen LogP contribution in [0.2, 0.25) is 0 Å². The molecule has 0 aliphatic carbocycles. The molecule has 0 fully saturated rings. The van der Waals surface area contributed by atoms with E-state index in [-0.39, 0.29) is 12.2 Å². The van der Waals surface area contributed by atoms with Gasteiger partial charge in [0.2, 0.25) is 15.9 Å². The molecular formula is C20H22N2O3S. The summed E-state index contributed by atoms with van der Waals surface area (Å²) in [6, 6.07) is 13.4. The molecule has 0 unspecified atom stereocenters. The van der Waals surface area contributed by atoms with Gasteiger partial charge in [0, 0.05) is 23.5 Å². The maximum atomic E-state index is 12.3. The first-order valence-electron chi connectivity index (χ1n) is 8.48. The molecule has 3 aromatic rings. The van der Waals surface area contributed by atoms with Crippen LogP contribution in [0.1, 0.15) is 28.7 Å². The fourth-order valence-electron chi connectivity index (χ4n) is 3.06. The zero-order chi connectivity index (χ0) is 18.7. The van der Waals surface area contributed by atoms with Crippen LogP contribution in [-0.4, -0.2) is 19.3 Å². The first-order valence-corrected chi connectivity index (χ1v) is 10.1. The summed E-state index contributed by atoms with van der Waals surface area (Å²) in [4.78, 5) is 15.3. The van der Waals surface area contributed by atoms with E-state index in [1.807, 2.05) is 56.4 Å². The van der Waals surface area contributed by atoms with Crippen LogP contribution in [0.4, 0.5) is 0 Å². The Kier molecular flexibility index (Phi) is 5.13. The Morgan fingerprint density at radius 1 is 1.08 bits per heavy atom. The van der Waals surface area contributed by atoms with E-state index < -0.39 is 15.9 Å². The molecule has 2 aromatic carbocycles. The number of aryl methyl sites for hydroxylation is 3. The summed E-state index contributed by atoms with van der Waals surface area (Å²) in [6.45, 7) is 3.83. The van der Waals surface area contributed by atoms with Crippen molar-refractivity contribution in [2.24, 2.45) is 0 Å². The van der Waals surface area contributed by atoms with E-state index in [9.17, 15) is 13.2 Å². The molecular weight excluding hydrogens is 348 g/mol. The zero-order valence-corrected chi connectivity index (χ0v) is 15.7. The predicted octanol–water partition coefficient (Wildman–Crippen LogP) is 3.36. The molecule has 6 heteroatoms. The summed E-state index contributed by atoms with van der Waals surface area (Å²) in [5.41, 5.74) is 4.69. The van der Waals surface area contributed by atoms with E-state index in [4.69, 9.17) is 0 Å². The Balaban J connectivity index is 1.61. The SMILES string of the molecule is Cc1ccc(CS(=O)(=O)NC(=O)CCc2c[nH]c3ccccc23)c(C)c1. The van der Waals surface area contributed by atoms with E-state index in [1.54, 1.807) is 6.07 Å². The lowest BCUT2D eigenvalue weighted by Gasteiger charge is -2.09. The average Bonchev–Trinajstić information content (AvgIpc) is 2.98. The number of aromatic amines is 1. The van der Waals surface area contributed by atoms with Crippen LogP contribution < -0.4 is 4.72 Å². The van der Waals surface area contributed by atoms with Crippen molar-refractivity contribution in [1.29, 1.82) is 0 Å². The van der Waals surface area contributed by atoms with Crippen molar-refractivity contribution in [3.8, 4) is 0 Å². The van der Waals surface area contributed by atoms with Crippen molar-refractivity contribution in [2.45, 2.75) is 32.4 Å². The van der Waals surface area contributed by atoms with Gasteiger partial charge in [-0.1, -0.05) is 42.0 Å². The topological polar surface area (TPSA) is 79.0 Å². The number of amides is 1. The summed E-state index contributed by atoms with van der Waals surface area (Å²) in [5, 5.41) is 1.05. The van der Waals surface area contributed by atoms with E-state index in [0.717, 1.165) is 27.6 Å². The van der Waals surface area contributed by atoms with Gasteiger partial charge in [-0.25, -0.2) is 8.42 Å². The molecule has 1 amide bonds. The van der Waals surface area contributed by atoms with Gasteiger partial charge in [-0.05, 0) is 43.0 Å². The highest BCUT2D eigenvalue weighted by Crippen LogP contribution is 2.19. The summed E-state index contributed by atoms with van der Waals surface area (Å²) in [6.07, 6.45) is 2.46. The second-order valence-corrected chi connectivity index (χ2v) is 8.30. The Morgan fingerprint density at radius 2 is 1.85 bits per heavy atom. The second kappa shape index (κ2) is 7.33. The number of nitrogens with one attached hydrogen (secondary N) is 2. The lowest BCUT2D eigenvalue weighted by Crippen LogP contribution is -2.31. The molecule has 1 heterocycles. The molecule has 2 N–H and O–H groups in total. The monoisotopic (exact) mass is 370 g/mol. The Labute approximate surface area is 153 Å². The molecule has 1 aromatic heterocycles. The number of fused-ring (bicyclic) bond motifs is 1. The molecule has 0 aliphatic heterocycles. The van der Waals surface area contributed by atoms with Gasteiger partial charge in [-0.15, -0.1) is 0 Å². The van der Waals surface area contributed by atoms with Crippen molar-refractivity contribution in [3.05, 3.63) is 70.9 Å². The molecule has 3 rings (SSSR count). The Bertz CT molecular complexity index is 1050. The lowest BCUT2D eigenvalue weighted by atomic mass is 10.1. The van der Waals surface area contributed by atoms with Gasteiger partial charge in [-0.2, -0.15) is 0 Å². The number of carbonyl (C=O) groups excluding carboxylic acids is 1. The van der Waals surface area contributed by atoms with Crippen molar-refractivity contribution < 1.29 is 13.2 Å². The van der Waals surface area contributed by atoms with E-state index >= 15 is 0 Å². The van der Waals surface area contributed by atoms with Gasteiger partial charge in [-0.3, -0.25) is 9.52 Å². The first-order chi connectivity index (χ1) is 12.3. The third kappa shape index (κ3) is 4.32. The van der Waals surface area contributed by atoms with E-state index in [0.29, 0.717) is 12.0 Å². The average molecular weight is 370 g/mol. The van der Waals surface area contributed by atoms with Crippen molar-refractivity contribution in [1.82, 2.24) is 9.71 Å². The minimum Gasteiger partial charge on any atom is -0.361 e. The van der Waals surface area contributed by atoms with Gasteiger partial charge in [0.05, 0.1) is 5.75 Å². The third-order valence-corrected chi connectivity index (χ3v) is 5.64. The molecule has 0 bridgehead atoms. The third-order valence-electron chi connectivity index (χ3n) is 4.41. The number of hydrogen-bond donors (Lipinski definition) is 2. The minimum atomic E-state index is -3.71. The van der Waals surface area contributed by atoms with Crippen LogP contribution in [-0.2, 0) is 27.0 Å². The molecule has 0 atom stereocenters. The molecule has 0 saturated carbocycles. The van der Waals surface area contributed by atoms with Gasteiger partial charge in [0.15, 0.2) is 0 Å². The number of sulfonamides is 1. The van der Waals surface area contributed by atoms with Crippen LogP contribution in [0, 0.1) is 13.8 Å². The molecule has 5 nitrogen and oxygen atoms in total. The molecule has 0 spiro atoms. The fourth-order valence-corrected chi connectivity index (χ4v) is 4.31. The van der Waals surface area contributed by atoms with Crippen LogP contribution in [0.15, 0.2) is 48.7 Å². The summed E-state index contributed by atoms with van der Waals surface area (Å²) in [5.74, 6) is -0.683. The smallest absolute Gasteiger partial charge is 0.239 e. The van der Waals surface area contributed by atoms with Crippen LogP contribution in [0.3, 0.4) is 0 Å². The number of carbonyl (C=O) groups is 1. The normalized spacial score (nSPS) is 11.6. The summed E-state index contributed by atoms with van der Waals surface area (Å²) in [7, 11) is -3.71. The second-order valence-electron chi connectivity index (χ2n) is 6.57. The van der Waals surface area contributed by atoms with Crippen LogP contribution in [0.25, 0.3) is 10.9 Å². The highest BCUT2D eigenvalue weighted by molar-refractivity contribution is 7.89. The van der Waals surface area contributed by atoms with Gasteiger partial charge in [0.1, 0.15) is 0 Å². The zero-order valence-electron chi connectivity index (χ0n) is 14.9. The summed E-state index contributed by atoms with van der Waals surface area (Å²) < 4.78 is 26.7.